The minimum Gasteiger partial charge on any atom is -0.423 e. The van der Waals surface area contributed by atoms with Gasteiger partial charge in [0.15, 0.2) is 0 Å². The average molecular weight is 280 g/mol. The summed E-state index contributed by atoms with van der Waals surface area (Å²) in [6, 6.07) is 3.61. The zero-order valence-electron chi connectivity index (χ0n) is 9.95. The van der Waals surface area contributed by atoms with Crippen LogP contribution >= 0.6 is 0 Å². The van der Waals surface area contributed by atoms with Crippen molar-refractivity contribution in [2.45, 2.75) is 25.6 Å². The molecule has 0 saturated carbocycles. The highest BCUT2D eigenvalue weighted by molar-refractivity contribution is 6.58. The Morgan fingerprint density at radius 2 is 1.89 bits per heavy atom. The number of rotatable bonds is 6. The van der Waals surface area contributed by atoms with Gasteiger partial charge >= 0.3 is 13.3 Å². The van der Waals surface area contributed by atoms with Crippen LogP contribution in [0.25, 0.3) is 0 Å². The monoisotopic (exact) mass is 280 g/mol. The first-order chi connectivity index (χ1) is 8.79. The van der Waals surface area contributed by atoms with E-state index in [0.717, 1.165) is 6.07 Å². The highest BCUT2D eigenvalue weighted by Crippen LogP contribution is 2.21. The topological polar surface area (TPSA) is 49.7 Å². The number of alkyl halides is 3. The second-order valence-electron chi connectivity index (χ2n) is 4.00. The Hall–Kier alpha value is -1.12. The van der Waals surface area contributed by atoms with Crippen molar-refractivity contribution >= 4 is 12.6 Å². The molecule has 0 unspecified atom stereocenters. The second kappa shape index (κ2) is 6.88. The van der Waals surface area contributed by atoms with Crippen molar-refractivity contribution in [3.63, 3.8) is 0 Å². The van der Waals surface area contributed by atoms with E-state index in [9.17, 15) is 17.6 Å². The standard InChI is InChI=1S/C11H13BF4O3/c13-10-3-2-8(6-9(10)12(17)18)7-19-5-1-4-11(14,15)16/h2-3,6,17-18H,1,4-5,7H2. The Labute approximate surface area is 108 Å². The van der Waals surface area contributed by atoms with E-state index in [1.165, 1.54) is 12.1 Å². The quantitative estimate of drug-likeness (QED) is 0.470. The molecule has 0 radical (unpaired) electrons. The molecule has 1 aromatic carbocycles. The molecule has 0 bridgehead atoms. The van der Waals surface area contributed by atoms with Crippen molar-refractivity contribution in [3.8, 4) is 0 Å². The third kappa shape index (κ3) is 6.04. The number of benzene rings is 1. The minimum absolute atomic E-state index is 0.0160. The average Bonchev–Trinajstić information content (AvgIpc) is 2.29. The third-order valence-electron chi connectivity index (χ3n) is 2.36. The van der Waals surface area contributed by atoms with Crippen molar-refractivity contribution in [2.24, 2.45) is 0 Å². The molecule has 0 saturated heterocycles. The summed E-state index contributed by atoms with van der Waals surface area (Å²) in [4.78, 5) is 0. The maximum absolute atomic E-state index is 13.1. The van der Waals surface area contributed by atoms with Gasteiger partial charge in [0.05, 0.1) is 6.61 Å². The maximum atomic E-state index is 13.1. The molecule has 0 aliphatic carbocycles. The van der Waals surface area contributed by atoms with Gasteiger partial charge in [-0.25, -0.2) is 4.39 Å². The maximum Gasteiger partial charge on any atom is 0.491 e. The summed E-state index contributed by atoms with van der Waals surface area (Å²) in [5, 5.41) is 17.8. The molecule has 0 aliphatic rings. The molecule has 1 rings (SSSR count). The van der Waals surface area contributed by atoms with Crippen LogP contribution in [0, 0.1) is 5.82 Å². The van der Waals surface area contributed by atoms with E-state index in [1.54, 1.807) is 0 Å². The van der Waals surface area contributed by atoms with E-state index in [4.69, 9.17) is 14.8 Å². The highest BCUT2D eigenvalue weighted by Gasteiger charge is 2.25. The molecular weight excluding hydrogens is 267 g/mol. The third-order valence-corrected chi connectivity index (χ3v) is 2.36. The lowest BCUT2D eigenvalue weighted by molar-refractivity contribution is -0.138. The van der Waals surface area contributed by atoms with Crippen LogP contribution in [0.2, 0.25) is 0 Å². The first kappa shape index (κ1) is 15.9. The summed E-state index contributed by atoms with van der Waals surface area (Å²) < 4.78 is 53.6. The van der Waals surface area contributed by atoms with Gasteiger partial charge in [0.2, 0.25) is 0 Å². The molecule has 0 heterocycles. The van der Waals surface area contributed by atoms with Crippen molar-refractivity contribution in [1.29, 1.82) is 0 Å². The molecule has 19 heavy (non-hydrogen) atoms. The van der Waals surface area contributed by atoms with Gasteiger partial charge in [-0.05, 0) is 18.1 Å². The van der Waals surface area contributed by atoms with E-state index in [1.807, 2.05) is 0 Å². The van der Waals surface area contributed by atoms with Crippen molar-refractivity contribution in [1.82, 2.24) is 0 Å². The summed E-state index contributed by atoms with van der Waals surface area (Å²) in [6.45, 7) is -0.0915. The largest absolute Gasteiger partial charge is 0.491 e. The van der Waals surface area contributed by atoms with E-state index in [2.05, 4.69) is 0 Å². The van der Waals surface area contributed by atoms with Crippen molar-refractivity contribution < 1.29 is 32.3 Å². The molecule has 1 aromatic rings. The van der Waals surface area contributed by atoms with Crippen molar-refractivity contribution in [2.75, 3.05) is 6.61 Å². The number of hydrogen-bond donors (Lipinski definition) is 2. The molecular formula is C11H13BF4O3. The number of ether oxygens (including phenoxy) is 1. The summed E-state index contributed by atoms with van der Waals surface area (Å²) >= 11 is 0. The summed E-state index contributed by atoms with van der Waals surface area (Å²) in [5.74, 6) is -0.768. The molecule has 2 N–H and O–H groups in total. The molecule has 0 aromatic heterocycles. The van der Waals surface area contributed by atoms with Gasteiger partial charge in [-0.2, -0.15) is 13.2 Å². The predicted octanol–water partition coefficient (Wildman–Crippen LogP) is 1.36. The van der Waals surface area contributed by atoms with Crippen molar-refractivity contribution in [3.05, 3.63) is 29.6 Å². The lowest BCUT2D eigenvalue weighted by atomic mass is 9.79. The minimum atomic E-state index is -4.20. The van der Waals surface area contributed by atoms with Crippen LogP contribution in [0.4, 0.5) is 17.6 Å². The SMILES string of the molecule is OB(O)c1cc(COCCCC(F)(F)F)ccc1F. The zero-order chi connectivity index (χ0) is 14.5. The van der Waals surface area contributed by atoms with Gasteiger partial charge in [-0.15, -0.1) is 0 Å². The van der Waals surface area contributed by atoms with Gasteiger partial charge in [0.25, 0.3) is 0 Å². The van der Waals surface area contributed by atoms with Gasteiger partial charge in [0, 0.05) is 18.5 Å². The molecule has 0 atom stereocenters. The smallest absolute Gasteiger partial charge is 0.423 e. The van der Waals surface area contributed by atoms with E-state index >= 15 is 0 Å². The molecule has 0 aliphatic heterocycles. The molecule has 0 spiro atoms. The van der Waals surface area contributed by atoms with Crippen LogP contribution in [-0.4, -0.2) is 29.9 Å². The van der Waals surface area contributed by atoms with Gasteiger partial charge in [-0.3, -0.25) is 0 Å². The lowest BCUT2D eigenvalue weighted by Crippen LogP contribution is -2.33. The number of halogens is 4. The Kier molecular flexibility index (Phi) is 5.77. The fourth-order valence-corrected chi connectivity index (χ4v) is 1.45. The Bertz CT molecular complexity index is 409. The van der Waals surface area contributed by atoms with Crippen LogP contribution in [0.3, 0.4) is 0 Å². The summed E-state index contributed by atoms with van der Waals surface area (Å²) in [7, 11) is -1.94. The summed E-state index contributed by atoms with van der Waals surface area (Å²) in [5.41, 5.74) is 0.160. The van der Waals surface area contributed by atoms with Crippen LogP contribution in [0.1, 0.15) is 18.4 Å². The Morgan fingerprint density at radius 1 is 1.21 bits per heavy atom. The highest BCUT2D eigenvalue weighted by atomic mass is 19.4. The van der Waals surface area contributed by atoms with E-state index in [-0.39, 0.29) is 25.1 Å². The molecule has 8 heteroatoms. The molecule has 3 nitrogen and oxygen atoms in total. The first-order valence-electron chi connectivity index (χ1n) is 5.58. The predicted molar refractivity (Wildman–Crippen MR) is 61.2 cm³/mol. The van der Waals surface area contributed by atoms with E-state index in [0.29, 0.717) is 5.56 Å². The zero-order valence-corrected chi connectivity index (χ0v) is 9.95. The number of hydrogen-bond acceptors (Lipinski definition) is 3. The lowest BCUT2D eigenvalue weighted by Gasteiger charge is -2.08. The van der Waals surface area contributed by atoms with Crippen LogP contribution in [0.15, 0.2) is 18.2 Å². The van der Waals surface area contributed by atoms with Gasteiger partial charge in [-0.1, -0.05) is 12.1 Å². The molecule has 0 fully saturated rings. The second-order valence-corrected chi connectivity index (χ2v) is 4.00. The van der Waals surface area contributed by atoms with Gasteiger partial charge in [0.1, 0.15) is 5.82 Å². The normalized spacial score (nSPS) is 11.7. The molecule has 0 amide bonds. The van der Waals surface area contributed by atoms with E-state index < -0.39 is 25.5 Å². The van der Waals surface area contributed by atoms with Crippen LogP contribution < -0.4 is 5.46 Å². The first-order valence-corrected chi connectivity index (χ1v) is 5.58. The Balaban J connectivity index is 2.40. The van der Waals surface area contributed by atoms with Gasteiger partial charge < -0.3 is 14.8 Å². The fraction of sp³-hybridized carbons (Fsp3) is 0.455. The van der Waals surface area contributed by atoms with Crippen LogP contribution in [-0.2, 0) is 11.3 Å². The molecule has 106 valence electrons. The Morgan fingerprint density at radius 3 is 2.47 bits per heavy atom. The van der Waals surface area contributed by atoms with Crippen LogP contribution in [0.5, 0.6) is 0 Å². The summed E-state index contributed by atoms with van der Waals surface area (Å²) in [6.07, 6.45) is -5.27. The fourth-order valence-electron chi connectivity index (χ4n) is 1.45.